The molecule has 0 aliphatic heterocycles. The Morgan fingerprint density at radius 3 is 2.58 bits per heavy atom. The van der Waals surface area contributed by atoms with E-state index in [4.69, 9.17) is 4.74 Å². The standard InChI is InChI=1S/C21H24N4O4S2/c1-4-17(21(26)24-14-20-22-11-12-30-20)25(16-9-10-19(29-3)23-13-16)31(27,28)18-8-6-5-7-15(18)2/h5-13,17H,4,14H2,1-3H3,(H,24,26). The number of hydrogen-bond donors (Lipinski definition) is 1. The molecule has 3 aromatic rings. The van der Waals surface area contributed by atoms with Crippen LogP contribution in [0, 0.1) is 6.92 Å². The van der Waals surface area contributed by atoms with Gasteiger partial charge in [-0.05, 0) is 31.0 Å². The first-order chi connectivity index (χ1) is 14.9. The lowest BCUT2D eigenvalue weighted by atomic mass is 10.2. The Morgan fingerprint density at radius 2 is 2.00 bits per heavy atom. The molecular weight excluding hydrogens is 436 g/mol. The van der Waals surface area contributed by atoms with Crippen molar-refractivity contribution in [3.05, 3.63) is 64.7 Å². The normalized spacial score (nSPS) is 12.2. The largest absolute Gasteiger partial charge is 0.481 e. The molecular formula is C21H24N4O4S2. The number of nitrogens with one attached hydrogen (secondary N) is 1. The third-order valence-corrected chi connectivity index (χ3v) is 7.46. The van der Waals surface area contributed by atoms with Crippen molar-refractivity contribution in [3.63, 3.8) is 0 Å². The van der Waals surface area contributed by atoms with Gasteiger partial charge in [0.15, 0.2) is 0 Å². The number of methoxy groups -OCH3 is 1. The molecule has 1 N–H and O–H groups in total. The van der Waals surface area contributed by atoms with Gasteiger partial charge in [0.2, 0.25) is 11.8 Å². The molecule has 2 heterocycles. The summed E-state index contributed by atoms with van der Waals surface area (Å²) in [6.07, 6.45) is 3.31. The van der Waals surface area contributed by atoms with Gasteiger partial charge in [-0.1, -0.05) is 25.1 Å². The fourth-order valence-electron chi connectivity index (χ4n) is 3.14. The van der Waals surface area contributed by atoms with Crippen LogP contribution in [-0.2, 0) is 21.4 Å². The van der Waals surface area contributed by atoms with E-state index in [-0.39, 0.29) is 23.5 Å². The number of aromatic nitrogens is 2. The highest BCUT2D eigenvalue weighted by molar-refractivity contribution is 7.93. The highest BCUT2D eigenvalue weighted by Crippen LogP contribution is 2.29. The molecule has 0 radical (unpaired) electrons. The summed E-state index contributed by atoms with van der Waals surface area (Å²) in [5, 5.41) is 5.36. The van der Waals surface area contributed by atoms with Crippen LogP contribution in [0.4, 0.5) is 5.69 Å². The maximum atomic E-state index is 13.7. The fraction of sp³-hybridized carbons (Fsp3) is 0.286. The minimum atomic E-state index is -4.05. The Hall–Kier alpha value is -2.98. The van der Waals surface area contributed by atoms with Crippen molar-refractivity contribution in [1.29, 1.82) is 0 Å². The number of carbonyl (C=O) groups is 1. The van der Waals surface area contributed by atoms with E-state index in [9.17, 15) is 13.2 Å². The van der Waals surface area contributed by atoms with E-state index in [1.807, 2.05) is 5.38 Å². The van der Waals surface area contributed by atoms with Gasteiger partial charge in [-0.2, -0.15) is 0 Å². The Morgan fingerprint density at radius 1 is 1.23 bits per heavy atom. The maximum Gasteiger partial charge on any atom is 0.265 e. The van der Waals surface area contributed by atoms with Gasteiger partial charge < -0.3 is 10.1 Å². The minimum absolute atomic E-state index is 0.136. The Bertz CT molecular complexity index is 1120. The first kappa shape index (κ1) is 22.7. The van der Waals surface area contributed by atoms with Crippen LogP contribution in [0.15, 0.2) is 59.1 Å². The quantitative estimate of drug-likeness (QED) is 0.526. The van der Waals surface area contributed by atoms with Crippen LogP contribution >= 0.6 is 11.3 Å². The number of anilines is 1. The summed E-state index contributed by atoms with van der Waals surface area (Å²) in [6.45, 7) is 3.72. The number of benzene rings is 1. The van der Waals surface area contributed by atoms with Crippen LogP contribution in [-0.4, -0.2) is 37.4 Å². The average molecular weight is 461 g/mol. The second-order valence-electron chi connectivity index (χ2n) is 6.69. The van der Waals surface area contributed by atoms with Crippen LogP contribution in [0.3, 0.4) is 0 Å². The Kier molecular flexibility index (Phi) is 7.24. The van der Waals surface area contributed by atoms with Gasteiger partial charge in [-0.25, -0.2) is 18.4 Å². The van der Waals surface area contributed by atoms with E-state index in [1.165, 1.54) is 30.7 Å². The van der Waals surface area contributed by atoms with Gasteiger partial charge in [-0.15, -0.1) is 11.3 Å². The molecule has 0 spiro atoms. The van der Waals surface area contributed by atoms with E-state index < -0.39 is 22.0 Å². The van der Waals surface area contributed by atoms with Crippen molar-refractivity contribution >= 4 is 33.0 Å². The molecule has 0 saturated carbocycles. The van der Waals surface area contributed by atoms with Crippen molar-refractivity contribution in [3.8, 4) is 5.88 Å². The maximum absolute atomic E-state index is 13.7. The van der Waals surface area contributed by atoms with E-state index in [1.54, 1.807) is 50.4 Å². The van der Waals surface area contributed by atoms with Crippen LogP contribution in [0.5, 0.6) is 5.88 Å². The number of pyridine rings is 1. The number of carbonyl (C=O) groups excluding carboxylic acids is 1. The molecule has 0 saturated heterocycles. The lowest BCUT2D eigenvalue weighted by Crippen LogP contribution is -2.49. The van der Waals surface area contributed by atoms with Crippen molar-refractivity contribution in [2.24, 2.45) is 0 Å². The first-order valence-electron chi connectivity index (χ1n) is 9.64. The van der Waals surface area contributed by atoms with E-state index in [0.717, 1.165) is 9.31 Å². The third-order valence-electron chi connectivity index (χ3n) is 4.68. The van der Waals surface area contributed by atoms with Gasteiger partial charge in [-0.3, -0.25) is 9.10 Å². The van der Waals surface area contributed by atoms with Crippen LogP contribution in [0.1, 0.15) is 23.9 Å². The molecule has 2 aromatic heterocycles. The SMILES string of the molecule is CCC(C(=O)NCc1nccs1)N(c1ccc(OC)nc1)S(=O)(=O)c1ccccc1C. The lowest BCUT2D eigenvalue weighted by molar-refractivity contribution is -0.122. The Labute approximate surface area is 186 Å². The topological polar surface area (TPSA) is 101 Å². The number of amides is 1. The summed E-state index contributed by atoms with van der Waals surface area (Å²) in [4.78, 5) is 21.5. The monoisotopic (exact) mass is 460 g/mol. The first-order valence-corrected chi connectivity index (χ1v) is 12.0. The van der Waals surface area contributed by atoms with E-state index in [2.05, 4.69) is 15.3 Å². The zero-order valence-electron chi connectivity index (χ0n) is 17.5. The van der Waals surface area contributed by atoms with Gasteiger partial charge in [0.1, 0.15) is 11.0 Å². The molecule has 1 aromatic carbocycles. The summed E-state index contributed by atoms with van der Waals surface area (Å²) in [6, 6.07) is 8.86. The molecule has 1 amide bonds. The zero-order chi connectivity index (χ0) is 22.4. The number of thiazole rings is 1. The predicted octanol–water partition coefficient (Wildman–Crippen LogP) is 3.15. The molecule has 3 rings (SSSR count). The molecule has 8 nitrogen and oxygen atoms in total. The summed E-state index contributed by atoms with van der Waals surface area (Å²) < 4.78 is 33.7. The van der Waals surface area contributed by atoms with E-state index in [0.29, 0.717) is 11.4 Å². The van der Waals surface area contributed by atoms with Gasteiger partial charge in [0.25, 0.3) is 10.0 Å². The molecule has 164 valence electrons. The second kappa shape index (κ2) is 9.88. The number of hydrogen-bond acceptors (Lipinski definition) is 7. The summed E-state index contributed by atoms with van der Waals surface area (Å²) in [5.41, 5.74) is 0.868. The molecule has 1 atom stereocenters. The number of ether oxygens (including phenoxy) is 1. The molecule has 0 aliphatic carbocycles. The van der Waals surface area contributed by atoms with E-state index >= 15 is 0 Å². The highest BCUT2D eigenvalue weighted by Gasteiger charge is 2.36. The van der Waals surface area contributed by atoms with Gasteiger partial charge in [0, 0.05) is 17.6 Å². The Balaban J connectivity index is 2.03. The lowest BCUT2D eigenvalue weighted by Gasteiger charge is -2.31. The number of rotatable bonds is 9. The van der Waals surface area contributed by atoms with Crippen molar-refractivity contribution in [2.45, 2.75) is 37.8 Å². The number of sulfonamides is 1. The van der Waals surface area contributed by atoms with Crippen LogP contribution in [0.2, 0.25) is 0 Å². The summed E-state index contributed by atoms with van der Waals surface area (Å²) in [5.74, 6) is -0.0658. The summed E-state index contributed by atoms with van der Waals surface area (Å²) in [7, 11) is -2.58. The number of aryl methyl sites for hydroxylation is 1. The number of nitrogens with zero attached hydrogens (tertiary/aromatic N) is 3. The smallest absolute Gasteiger partial charge is 0.265 e. The molecule has 0 aliphatic rings. The molecule has 1 unspecified atom stereocenters. The summed E-state index contributed by atoms with van der Waals surface area (Å²) >= 11 is 1.42. The van der Waals surface area contributed by atoms with Crippen molar-refractivity contribution in [1.82, 2.24) is 15.3 Å². The van der Waals surface area contributed by atoms with Crippen molar-refractivity contribution < 1.29 is 17.9 Å². The molecule has 10 heteroatoms. The molecule has 0 bridgehead atoms. The van der Waals surface area contributed by atoms with Crippen LogP contribution < -0.4 is 14.4 Å². The third kappa shape index (κ3) is 5.02. The zero-order valence-corrected chi connectivity index (χ0v) is 19.1. The van der Waals surface area contributed by atoms with Gasteiger partial charge in [0.05, 0.1) is 30.4 Å². The molecule has 31 heavy (non-hydrogen) atoms. The second-order valence-corrected chi connectivity index (χ2v) is 9.46. The fourth-order valence-corrected chi connectivity index (χ4v) is 5.60. The minimum Gasteiger partial charge on any atom is -0.481 e. The predicted molar refractivity (Wildman–Crippen MR) is 120 cm³/mol. The molecule has 0 fully saturated rings. The van der Waals surface area contributed by atoms with Crippen LogP contribution in [0.25, 0.3) is 0 Å². The highest BCUT2D eigenvalue weighted by atomic mass is 32.2. The average Bonchev–Trinajstić information content (AvgIpc) is 3.29. The van der Waals surface area contributed by atoms with Crippen molar-refractivity contribution in [2.75, 3.05) is 11.4 Å². The van der Waals surface area contributed by atoms with Gasteiger partial charge >= 0.3 is 0 Å².